The molecule has 0 saturated carbocycles. The minimum Gasteiger partial charge on any atom is -0.426 e. The quantitative estimate of drug-likeness (QED) is 0.441. The first-order valence-electron chi connectivity index (χ1n) is 9.74. The molecular weight excluding hydrogens is 362 g/mol. The van der Waals surface area contributed by atoms with Crippen molar-refractivity contribution < 1.29 is 14.3 Å². The number of pyridine rings is 1. The number of hydrogen-bond acceptors (Lipinski definition) is 4. The SMILES string of the molecule is CC(=O)Oc1cc(-c2ccccc2)ccc1-c1ccc2c(n1)CC(C)(C)CC2=O. The highest BCUT2D eigenvalue weighted by atomic mass is 16.5. The van der Waals surface area contributed by atoms with E-state index in [0.29, 0.717) is 23.4 Å². The molecule has 0 unspecified atom stereocenters. The molecule has 0 atom stereocenters. The van der Waals surface area contributed by atoms with Crippen LogP contribution >= 0.6 is 0 Å². The Morgan fingerprint density at radius 2 is 1.66 bits per heavy atom. The summed E-state index contributed by atoms with van der Waals surface area (Å²) in [6, 6.07) is 19.4. The predicted molar refractivity (Wildman–Crippen MR) is 113 cm³/mol. The highest BCUT2D eigenvalue weighted by molar-refractivity contribution is 5.99. The summed E-state index contributed by atoms with van der Waals surface area (Å²) in [5, 5.41) is 0. The number of nitrogens with zero attached hydrogens (tertiary/aromatic N) is 1. The fourth-order valence-electron chi connectivity index (χ4n) is 3.87. The summed E-state index contributed by atoms with van der Waals surface area (Å²) in [5.74, 6) is 0.216. The van der Waals surface area contributed by atoms with Gasteiger partial charge in [-0.1, -0.05) is 50.2 Å². The van der Waals surface area contributed by atoms with E-state index in [9.17, 15) is 9.59 Å². The Morgan fingerprint density at radius 1 is 0.931 bits per heavy atom. The number of carbonyl (C=O) groups excluding carboxylic acids is 2. The van der Waals surface area contributed by atoms with Gasteiger partial charge in [0.05, 0.1) is 11.4 Å². The van der Waals surface area contributed by atoms with Gasteiger partial charge in [-0.15, -0.1) is 0 Å². The number of esters is 1. The van der Waals surface area contributed by atoms with E-state index in [1.807, 2.05) is 60.7 Å². The second-order valence-corrected chi connectivity index (χ2v) is 8.30. The molecule has 1 aliphatic carbocycles. The van der Waals surface area contributed by atoms with Gasteiger partial charge in [0.15, 0.2) is 5.78 Å². The van der Waals surface area contributed by atoms with Gasteiger partial charge in [0, 0.05) is 24.5 Å². The van der Waals surface area contributed by atoms with Crippen molar-refractivity contribution >= 4 is 11.8 Å². The summed E-state index contributed by atoms with van der Waals surface area (Å²) in [6.07, 6.45) is 1.28. The van der Waals surface area contributed by atoms with Crippen LogP contribution in [0.4, 0.5) is 0 Å². The molecule has 1 aromatic heterocycles. The van der Waals surface area contributed by atoms with Crippen LogP contribution in [0, 0.1) is 5.41 Å². The maximum absolute atomic E-state index is 12.5. The Morgan fingerprint density at radius 3 is 2.38 bits per heavy atom. The molecule has 146 valence electrons. The molecule has 4 nitrogen and oxygen atoms in total. The van der Waals surface area contributed by atoms with E-state index in [2.05, 4.69) is 13.8 Å². The van der Waals surface area contributed by atoms with Crippen LogP contribution in [-0.2, 0) is 11.2 Å². The standard InChI is InChI=1S/C25H23NO3/c1-16(27)29-24-13-18(17-7-5-4-6-8-17)9-10-20(24)21-12-11-19-22(26-21)14-25(2,3)15-23(19)28/h4-13H,14-15H2,1-3H3. The molecule has 1 heterocycles. The van der Waals surface area contributed by atoms with Crippen LogP contribution in [-0.4, -0.2) is 16.7 Å². The normalized spacial score (nSPS) is 14.9. The molecule has 3 aromatic rings. The van der Waals surface area contributed by atoms with Crippen LogP contribution in [0.2, 0.25) is 0 Å². The third kappa shape index (κ3) is 3.97. The first kappa shape index (κ1) is 19.1. The fraction of sp³-hybridized carbons (Fsp3) is 0.240. The second kappa shape index (κ2) is 7.28. The molecule has 29 heavy (non-hydrogen) atoms. The third-order valence-electron chi connectivity index (χ3n) is 5.18. The second-order valence-electron chi connectivity index (χ2n) is 8.30. The smallest absolute Gasteiger partial charge is 0.308 e. The monoisotopic (exact) mass is 385 g/mol. The zero-order valence-electron chi connectivity index (χ0n) is 16.9. The van der Waals surface area contributed by atoms with E-state index in [4.69, 9.17) is 9.72 Å². The van der Waals surface area contributed by atoms with Crippen molar-refractivity contribution in [3.63, 3.8) is 0 Å². The van der Waals surface area contributed by atoms with Crippen LogP contribution in [0.15, 0.2) is 60.7 Å². The molecule has 0 N–H and O–H groups in total. The van der Waals surface area contributed by atoms with E-state index in [1.165, 1.54) is 6.92 Å². The largest absolute Gasteiger partial charge is 0.426 e. The van der Waals surface area contributed by atoms with Gasteiger partial charge in [0.25, 0.3) is 0 Å². The van der Waals surface area contributed by atoms with E-state index in [1.54, 1.807) is 0 Å². The van der Waals surface area contributed by atoms with E-state index in [-0.39, 0.29) is 17.2 Å². The fourth-order valence-corrected chi connectivity index (χ4v) is 3.87. The summed E-state index contributed by atoms with van der Waals surface area (Å²) in [6.45, 7) is 5.56. The Kier molecular flexibility index (Phi) is 4.79. The zero-order chi connectivity index (χ0) is 20.6. The van der Waals surface area contributed by atoms with Crippen molar-refractivity contribution in [3.05, 3.63) is 71.9 Å². The average molecular weight is 385 g/mol. The lowest BCUT2D eigenvalue weighted by atomic mass is 9.75. The molecule has 0 fully saturated rings. The molecule has 0 amide bonds. The van der Waals surface area contributed by atoms with Gasteiger partial charge in [-0.3, -0.25) is 14.6 Å². The van der Waals surface area contributed by atoms with Crippen LogP contribution in [0.5, 0.6) is 5.75 Å². The summed E-state index contributed by atoms with van der Waals surface area (Å²) in [7, 11) is 0. The molecular formula is C25H23NO3. The lowest BCUT2D eigenvalue weighted by Gasteiger charge is -2.29. The highest BCUT2D eigenvalue weighted by Gasteiger charge is 2.32. The average Bonchev–Trinajstić information content (AvgIpc) is 2.67. The number of aromatic nitrogens is 1. The van der Waals surface area contributed by atoms with E-state index in [0.717, 1.165) is 28.8 Å². The number of hydrogen-bond donors (Lipinski definition) is 0. The van der Waals surface area contributed by atoms with Crippen LogP contribution in [0.25, 0.3) is 22.4 Å². The Bertz CT molecular complexity index is 1100. The topological polar surface area (TPSA) is 56.3 Å². The lowest BCUT2D eigenvalue weighted by molar-refractivity contribution is -0.131. The van der Waals surface area contributed by atoms with Gasteiger partial charge in [-0.2, -0.15) is 0 Å². The summed E-state index contributed by atoms with van der Waals surface area (Å²) >= 11 is 0. The third-order valence-corrected chi connectivity index (χ3v) is 5.18. The number of ether oxygens (including phenoxy) is 1. The van der Waals surface area contributed by atoms with Gasteiger partial charge >= 0.3 is 5.97 Å². The zero-order valence-corrected chi connectivity index (χ0v) is 16.9. The van der Waals surface area contributed by atoms with Gasteiger partial charge in [-0.05, 0) is 47.2 Å². The van der Waals surface area contributed by atoms with Crippen molar-refractivity contribution in [1.29, 1.82) is 0 Å². The molecule has 4 rings (SSSR count). The number of rotatable bonds is 3. The Balaban J connectivity index is 1.80. The maximum Gasteiger partial charge on any atom is 0.308 e. The first-order chi connectivity index (χ1) is 13.8. The van der Waals surface area contributed by atoms with Gasteiger partial charge in [0.2, 0.25) is 0 Å². The molecule has 0 bridgehead atoms. The van der Waals surface area contributed by atoms with Crippen molar-refractivity contribution in [2.24, 2.45) is 5.41 Å². The van der Waals surface area contributed by atoms with Gasteiger partial charge in [0.1, 0.15) is 5.75 Å². The Labute approximate surface area is 170 Å². The summed E-state index contributed by atoms with van der Waals surface area (Å²) in [5.41, 5.74) is 4.83. The molecule has 4 heteroatoms. The van der Waals surface area contributed by atoms with Gasteiger partial charge < -0.3 is 4.74 Å². The van der Waals surface area contributed by atoms with E-state index < -0.39 is 0 Å². The molecule has 0 aliphatic heterocycles. The van der Waals surface area contributed by atoms with Crippen molar-refractivity contribution in [2.45, 2.75) is 33.6 Å². The van der Waals surface area contributed by atoms with Crippen LogP contribution in [0.3, 0.4) is 0 Å². The number of benzene rings is 2. The number of ketones is 1. The first-order valence-corrected chi connectivity index (χ1v) is 9.74. The highest BCUT2D eigenvalue weighted by Crippen LogP contribution is 2.37. The molecule has 1 aliphatic rings. The molecule has 0 radical (unpaired) electrons. The number of carbonyl (C=O) groups is 2. The summed E-state index contributed by atoms with van der Waals surface area (Å²) in [4.78, 5) is 29.0. The van der Waals surface area contributed by atoms with Crippen molar-refractivity contribution in [3.8, 4) is 28.1 Å². The maximum atomic E-state index is 12.5. The van der Waals surface area contributed by atoms with Crippen molar-refractivity contribution in [2.75, 3.05) is 0 Å². The van der Waals surface area contributed by atoms with Gasteiger partial charge in [-0.25, -0.2) is 0 Å². The minimum absolute atomic E-state index is 0.106. The van der Waals surface area contributed by atoms with Crippen LogP contribution in [0.1, 0.15) is 43.2 Å². The molecule has 0 spiro atoms. The lowest BCUT2D eigenvalue weighted by Crippen LogP contribution is -2.27. The number of Topliss-reactive ketones (excluding diaryl/α,β-unsaturated/α-hetero) is 1. The number of fused-ring (bicyclic) bond motifs is 1. The summed E-state index contributed by atoms with van der Waals surface area (Å²) < 4.78 is 5.52. The Hall–Kier alpha value is -3.27. The minimum atomic E-state index is -0.384. The van der Waals surface area contributed by atoms with Crippen LogP contribution < -0.4 is 4.74 Å². The van der Waals surface area contributed by atoms with Crippen molar-refractivity contribution in [1.82, 2.24) is 4.98 Å². The predicted octanol–water partition coefficient (Wildman–Crippen LogP) is 5.50. The molecule has 2 aromatic carbocycles. The molecule has 0 saturated heterocycles. The van der Waals surface area contributed by atoms with E-state index >= 15 is 0 Å².